The van der Waals surface area contributed by atoms with Gasteiger partial charge in [-0.3, -0.25) is 9.59 Å². The molecular weight excluding hydrogens is 436 g/mol. The maximum Gasteiger partial charge on any atom is 0.413 e. The molecule has 1 aromatic carbocycles. The van der Waals surface area contributed by atoms with E-state index >= 15 is 0 Å². The number of nitrogens with one attached hydrogen (secondary N) is 1. The van der Waals surface area contributed by atoms with Gasteiger partial charge in [0.2, 0.25) is 0 Å². The highest BCUT2D eigenvalue weighted by Crippen LogP contribution is 2.64. The van der Waals surface area contributed by atoms with Gasteiger partial charge in [0.25, 0.3) is 0 Å². The largest absolute Gasteiger partial charge is 0.481 e. The number of likely N-dealkylation sites (N-methyl/N-ethyl adjacent to an activating group) is 1. The molecule has 2 aliphatic carbocycles. The van der Waals surface area contributed by atoms with E-state index in [1.54, 1.807) is 6.07 Å². The number of aliphatic carboxylic acids is 2. The molecule has 1 spiro atoms. The van der Waals surface area contributed by atoms with E-state index in [1.807, 2.05) is 12.4 Å². The fourth-order valence-electron chi connectivity index (χ4n) is 6.25. The van der Waals surface area contributed by atoms with Crippen LogP contribution in [0.4, 0.5) is 4.79 Å². The molecule has 4 aliphatic rings. The SMILES string of the molecule is CN1CCC23c4c5ccc(OC(=O)N[C@@H](CC(=O)O)C(=O)O)c4O[C@H]2C(=O)CC[C@@]3(O)[C@H]1C5. The first-order valence-corrected chi connectivity index (χ1v) is 10.8. The number of carboxylic acid groups (broad SMARTS) is 2. The molecule has 11 nitrogen and oxygen atoms in total. The Morgan fingerprint density at radius 2 is 2.06 bits per heavy atom. The fraction of sp³-hybridized carbons (Fsp3) is 0.545. The van der Waals surface area contributed by atoms with Gasteiger partial charge in [-0.15, -0.1) is 0 Å². The maximum atomic E-state index is 12.9. The third kappa shape index (κ3) is 2.88. The lowest BCUT2D eigenvalue weighted by Gasteiger charge is -2.61. The third-order valence-corrected chi connectivity index (χ3v) is 7.68. The molecule has 2 fully saturated rings. The molecule has 176 valence electrons. The number of hydrogen-bond acceptors (Lipinski definition) is 8. The van der Waals surface area contributed by atoms with Crippen molar-refractivity contribution in [1.29, 1.82) is 0 Å². The van der Waals surface area contributed by atoms with E-state index in [0.717, 1.165) is 5.56 Å². The van der Waals surface area contributed by atoms with Gasteiger partial charge in [-0.05, 0) is 44.5 Å². The standard InChI is InChI=1S/C22H24N2O9/c1-24-7-6-21-16-10-2-3-13(32-20(30)23-11(19(28)29)9-15(26)27)17(16)33-18(21)12(25)4-5-22(21,31)14(24)8-10/h2-3,11,14,18,31H,4-9H2,1H3,(H,23,30)(H,26,27)(H,28,29)/t11-,14+,18-,21?,22+/m0/s1. The second-order valence-electron chi connectivity index (χ2n) is 9.26. The van der Waals surface area contributed by atoms with Crippen LogP contribution < -0.4 is 14.8 Å². The van der Waals surface area contributed by atoms with Crippen molar-refractivity contribution >= 4 is 23.8 Å². The highest BCUT2D eigenvalue weighted by molar-refractivity contribution is 5.90. The van der Waals surface area contributed by atoms with E-state index < -0.39 is 47.6 Å². The molecule has 2 aliphatic heterocycles. The normalized spacial score (nSPS) is 32.4. The molecule has 4 N–H and O–H groups in total. The Bertz CT molecular complexity index is 1090. The first kappa shape index (κ1) is 21.7. The molecule has 1 amide bonds. The van der Waals surface area contributed by atoms with Crippen molar-refractivity contribution in [3.05, 3.63) is 23.3 Å². The number of ketones is 1. The summed E-state index contributed by atoms with van der Waals surface area (Å²) in [5.74, 6) is -2.83. The molecule has 5 atom stereocenters. The Balaban J connectivity index is 1.52. The number of nitrogens with zero attached hydrogens (tertiary/aromatic N) is 1. The van der Waals surface area contributed by atoms with Crippen LogP contribution in [0.5, 0.6) is 11.5 Å². The van der Waals surface area contributed by atoms with Crippen molar-refractivity contribution in [2.24, 2.45) is 0 Å². The number of carbonyl (C=O) groups excluding carboxylic acids is 2. The zero-order valence-electron chi connectivity index (χ0n) is 17.9. The van der Waals surface area contributed by atoms with Crippen molar-refractivity contribution in [3.8, 4) is 11.5 Å². The molecule has 5 rings (SSSR count). The number of benzene rings is 1. The first-order chi connectivity index (χ1) is 15.6. The first-order valence-electron chi connectivity index (χ1n) is 10.8. The summed E-state index contributed by atoms with van der Waals surface area (Å²) in [6.07, 6.45) is -1.32. The summed E-state index contributed by atoms with van der Waals surface area (Å²) in [4.78, 5) is 49.6. The molecule has 2 heterocycles. The average molecular weight is 460 g/mol. The second kappa shape index (κ2) is 7.16. The van der Waals surface area contributed by atoms with E-state index in [4.69, 9.17) is 19.7 Å². The third-order valence-electron chi connectivity index (χ3n) is 7.68. The summed E-state index contributed by atoms with van der Waals surface area (Å²) in [6.45, 7) is 0.667. The Morgan fingerprint density at radius 1 is 1.30 bits per heavy atom. The predicted molar refractivity (Wildman–Crippen MR) is 109 cm³/mol. The number of carboxylic acids is 2. The fourth-order valence-corrected chi connectivity index (χ4v) is 6.25. The van der Waals surface area contributed by atoms with Crippen LogP contribution in [0.15, 0.2) is 12.1 Å². The molecule has 33 heavy (non-hydrogen) atoms. The van der Waals surface area contributed by atoms with Gasteiger partial charge in [0.05, 0.1) is 17.4 Å². The number of Topliss-reactive ketones (excluding diaryl/α,β-unsaturated/α-hetero) is 1. The number of ether oxygens (including phenoxy) is 2. The topological polar surface area (TPSA) is 163 Å². The minimum Gasteiger partial charge on any atom is -0.481 e. The van der Waals surface area contributed by atoms with E-state index in [0.29, 0.717) is 31.4 Å². The molecule has 1 unspecified atom stereocenters. The Kier molecular flexibility index (Phi) is 4.70. The molecule has 1 aromatic rings. The van der Waals surface area contributed by atoms with Gasteiger partial charge in [0.1, 0.15) is 6.04 Å². The zero-order valence-corrected chi connectivity index (χ0v) is 17.9. The van der Waals surface area contributed by atoms with Crippen LogP contribution in [0.2, 0.25) is 0 Å². The van der Waals surface area contributed by atoms with E-state index in [2.05, 4.69) is 4.90 Å². The van der Waals surface area contributed by atoms with Crippen LogP contribution in [-0.2, 0) is 26.2 Å². The zero-order chi connectivity index (χ0) is 23.7. The molecule has 11 heteroatoms. The van der Waals surface area contributed by atoms with Crippen LogP contribution >= 0.6 is 0 Å². The van der Waals surface area contributed by atoms with Crippen LogP contribution in [-0.4, -0.2) is 81.4 Å². The summed E-state index contributed by atoms with van der Waals surface area (Å²) in [7, 11) is 1.96. The number of amides is 1. The van der Waals surface area contributed by atoms with Crippen LogP contribution in [0.3, 0.4) is 0 Å². The number of aliphatic hydroxyl groups is 1. The number of likely N-dealkylation sites (tertiary alicyclic amines) is 1. The van der Waals surface area contributed by atoms with Gasteiger partial charge in [0.15, 0.2) is 23.4 Å². The average Bonchev–Trinajstić information content (AvgIpc) is 3.10. The molecule has 0 radical (unpaired) electrons. The second-order valence-corrected chi connectivity index (χ2v) is 9.26. The number of piperidine rings is 1. The van der Waals surface area contributed by atoms with Crippen molar-refractivity contribution in [3.63, 3.8) is 0 Å². The van der Waals surface area contributed by atoms with E-state index in [-0.39, 0.29) is 29.7 Å². The molecule has 1 saturated heterocycles. The van der Waals surface area contributed by atoms with E-state index in [1.165, 1.54) is 6.07 Å². The summed E-state index contributed by atoms with van der Waals surface area (Å²) >= 11 is 0. The van der Waals surface area contributed by atoms with Gasteiger partial charge in [-0.25, -0.2) is 9.59 Å². The van der Waals surface area contributed by atoms with Gasteiger partial charge >= 0.3 is 18.0 Å². The van der Waals surface area contributed by atoms with Gasteiger partial charge < -0.3 is 35.0 Å². The predicted octanol–water partition coefficient (Wildman–Crippen LogP) is 0.0559. The smallest absolute Gasteiger partial charge is 0.413 e. The van der Waals surface area contributed by atoms with Crippen LogP contribution in [0, 0.1) is 0 Å². The van der Waals surface area contributed by atoms with Gasteiger partial charge in [0, 0.05) is 18.0 Å². The van der Waals surface area contributed by atoms with Crippen LogP contribution in [0.25, 0.3) is 0 Å². The lowest BCUT2D eigenvalue weighted by Crippen LogP contribution is -2.76. The van der Waals surface area contributed by atoms with Gasteiger partial charge in [-0.2, -0.15) is 0 Å². The monoisotopic (exact) mass is 460 g/mol. The summed E-state index contributed by atoms with van der Waals surface area (Å²) in [5, 5.41) is 32.0. The van der Waals surface area contributed by atoms with Crippen LogP contribution in [0.1, 0.15) is 36.8 Å². The minimum atomic E-state index is -1.68. The quantitative estimate of drug-likeness (QED) is 0.472. The highest BCUT2D eigenvalue weighted by atomic mass is 16.6. The Morgan fingerprint density at radius 3 is 2.76 bits per heavy atom. The van der Waals surface area contributed by atoms with Crippen molar-refractivity contribution in [2.75, 3.05) is 13.6 Å². The van der Waals surface area contributed by atoms with Gasteiger partial charge in [-0.1, -0.05) is 6.07 Å². The maximum absolute atomic E-state index is 12.9. The molecule has 1 saturated carbocycles. The summed E-state index contributed by atoms with van der Waals surface area (Å²) < 4.78 is 11.4. The van der Waals surface area contributed by atoms with Crippen molar-refractivity contribution in [2.45, 2.75) is 61.3 Å². The lowest BCUT2D eigenvalue weighted by molar-refractivity contribution is -0.185. The van der Waals surface area contributed by atoms with Crippen molar-refractivity contribution < 1.29 is 44.0 Å². The van der Waals surface area contributed by atoms with Crippen molar-refractivity contribution in [1.82, 2.24) is 10.2 Å². The summed E-state index contributed by atoms with van der Waals surface area (Å²) in [6, 6.07) is 1.43. The Hall–Kier alpha value is -3.18. The number of rotatable bonds is 5. The minimum absolute atomic E-state index is 0.0120. The number of carbonyl (C=O) groups is 4. The molecule has 2 bridgehead atoms. The highest BCUT2D eigenvalue weighted by Gasteiger charge is 2.72. The Labute approximate surface area is 188 Å². The summed E-state index contributed by atoms with van der Waals surface area (Å²) in [5.41, 5.74) is -0.526. The molecule has 0 aromatic heterocycles. The van der Waals surface area contributed by atoms with E-state index in [9.17, 15) is 24.3 Å². The molecular formula is C22H24N2O9. The number of hydrogen-bond donors (Lipinski definition) is 4. The lowest BCUT2D eigenvalue weighted by atomic mass is 9.49.